The van der Waals surface area contributed by atoms with E-state index in [4.69, 9.17) is 5.73 Å². The van der Waals surface area contributed by atoms with Gasteiger partial charge >= 0.3 is 0 Å². The van der Waals surface area contributed by atoms with Crippen LogP contribution in [0.25, 0.3) is 0 Å². The minimum Gasteiger partial charge on any atom is -0.326 e. The Morgan fingerprint density at radius 1 is 1.25 bits per heavy atom. The van der Waals surface area contributed by atoms with E-state index in [9.17, 15) is 8.42 Å². The van der Waals surface area contributed by atoms with E-state index in [2.05, 4.69) is 30.2 Å². The maximum atomic E-state index is 11.4. The van der Waals surface area contributed by atoms with Gasteiger partial charge in [0.1, 0.15) is 0 Å². The number of nitrogens with one attached hydrogen (secondary N) is 2. The Bertz CT molecular complexity index is 294. The van der Waals surface area contributed by atoms with Gasteiger partial charge in [-0.3, -0.25) is 0 Å². The normalized spacial score (nSPS) is 15.4. The Morgan fingerprint density at radius 3 is 2.12 bits per heavy atom. The number of hydrogen-bond acceptors (Lipinski definition) is 3. The SMILES string of the molecule is CC(C)NS(=O)(=O)NCC(N)CC(C)(C)C. The molecule has 0 aliphatic carbocycles. The Labute approximate surface area is 99.4 Å². The molecular formula is C10H25N3O2S. The third-order valence-electron chi connectivity index (χ3n) is 1.80. The molecule has 5 nitrogen and oxygen atoms in total. The molecule has 1 unspecified atom stereocenters. The van der Waals surface area contributed by atoms with E-state index in [-0.39, 0.29) is 24.0 Å². The van der Waals surface area contributed by atoms with Crippen LogP contribution in [0.3, 0.4) is 0 Å². The van der Waals surface area contributed by atoms with Gasteiger partial charge < -0.3 is 5.73 Å². The van der Waals surface area contributed by atoms with Gasteiger partial charge in [-0.05, 0) is 25.7 Å². The first-order valence-corrected chi connectivity index (χ1v) is 7.03. The second kappa shape index (κ2) is 5.95. The van der Waals surface area contributed by atoms with Crippen LogP contribution in [0.2, 0.25) is 0 Å². The van der Waals surface area contributed by atoms with Gasteiger partial charge in [0.05, 0.1) is 0 Å². The third kappa shape index (κ3) is 9.08. The van der Waals surface area contributed by atoms with Crippen molar-refractivity contribution in [3.63, 3.8) is 0 Å². The predicted octanol–water partition coefficient (Wildman–Crippen LogP) is 0.582. The summed E-state index contributed by atoms with van der Waals surface area (Å²) in [4.78, 5) is 0. The third-order valence-corrected chi connectivity index (χ3v) is 3.13. The smallest absolute Gasteiger partial charge is 0.277 e. The quantitative estimate of drug-likeness (QED) is 0.645. The Hall–Kier alpha value is -0.170. The van der Waals surface area contributed by atoms with E-state index in [1.54, 1.807) is 13.8 Å². The number of nitrogens with two attached hydrogens (primary N) is 1. The van der Waals surface area contributed by atoms with Crippen LogP contribution in [0.15, 0.2) is 0 Å². The highest BCUT2D eigenvalue weighted by molar-refractivity contribution is 7.87. The first-order chi connectivity index (χ1) is 7.02. The first-order valence-electron chi connectivity index (χ1n) is 5.54. The van der Waals surface area contributed by atoms with Crippen molar-refractivity contribution in [1.29, 1.82) is 0 Å². The summed E-state index contributed by atoms with van der Waals surface area (Å²) >= 11 is 0. The van der Waals surface area contributed by atoms with E-state index in [0.717, 1.165) is 6.42 Å². The van der Waals surface area contributed by atoms with Crippen LogP contribution in [0.1, 0.15) is 41.0 Å². The highest BCUT2D eigenvalue weighted by Gasteiger charge is 2.18. The molecule has 0 rings (SSSR count). The minimum absolute atomic E-state index is 0.107. The molecule has 0 aliphatic rings. The number of hydrogen-bond donors (Lipinski definition) is 3. The zero-order valence-corrected chi connectivity index (χ0v) is 11.7. The van der Waals surface area contributed by atoms with Gasteiger partial charge in [-0.1, -0.05) is 20.8 Å². The van der Waals surface area contributed by atoms with E-state index >= 15 is 0 Å². The molecule has 0 radical (unpaired) electrons. The second-order valence-corrected chi connectivity index (χ2v) is 7.18. The molecule has 0 fully saturated rings. The fourth-order valence-corrected chi connectivity index (χ4v) is 2.56. The molecule has 0 aliphatic heterocycles. The molecule has 98 valence electrons. The van der Waals surface area contributed by atoms with Gasteiger partial charge in [0, 0.05) is 18.6 Å². The van der Waals surface area contributed by atoms with Crippen molar-refractivity contribution in [1.82, 2.24) is 9.44 Å². The van der Waals surface area contributed by atoms with E-state index in [1.165, 1.54) is 0 Å². The Morgan fingerprint density at radius 2 is 1.75 bits per heavy atom. The molecule has 1 atom stereocenters. The lowest BCUT2D eigenvalue weighted by atomic mass is 9.88. The van der Waals surface area contributed by atoms with Gasteiger partial charge in [-0.25, -0.2) is 4.72 Å². The summed E-state index contributed by atoms with van der Waals surface area (Å²) in [6.45, 7) is 10.0. The highest BCUT2D eigenvalue weighted by atomic mass is 32.2. The summed E-state index contributed by atoms with van der Waals surface area (Å²) in [5.74, 6) is 0. The maximum Gasteiger partial charge on any atom is 0.277 e. The summed E-state index contributed by atoms with van der Waals surface area (Å²) in [5, 5.41) is 0. The average molecular weight is 251 g/mol. The summed E-state index contributed by atoms with van der Waals surface area (Å²) in [6, 6.07) is -0.278. The largest absolute Gasteiger partial charge is 0.326 e. The monoisotopic (exact) mass is 251 g/mol. The van der Waals surface area contributed by atoms with Crippen molar-refractivity contribution in [2.45, 2.75) is 53.1 Å². The maximum absolute atomic E-state index is 11.4. The lowest BCUT2D eigenvalue weighted by Crippen LogP contribution is -2.45. The molecular weight excluding hydrogens is 226 g/mol. The minimum atomic E-state index is -3.41. The van der Waals surface area contributed by atoms with Gasteiger partial charge in [-0.2, -0.15) is 13.1 Å². The highest BCUT2D eigenvalue weighted by Crippen LogP contribution is 2.19. The lowest BCUT2D eigenvalue weighted by molar-refractivity contribution is 0.338. The van der Waals surface area contributed by atoms with Gasteiger partial charge in [0.15, 0.2) is 0 Å². The van der Waals surface area contributed by atoms with Crippen molar-refractivity contribution >= 4 is 10.2 Å². The van der Waals surface area contributed by atoms with Crippen LogP contribution in [0.4, 0.5) is 0 Å². The van der Waals surface area contributed by atoms with Crippen molar-refractivity contribution in [3.05, 3.63) is 0 Å². The molecule has 0 aromatic heterocycles. The molecule has 0 aromatic carbocycles. The number of rotatable bonds is 6. The summed E-state index contributed by atoms with van der Waals surface area (Å²) in [5.41, 5.74) is 5.95. The summed E-state index contributed by atoms with van der Waals surface area (Å²) in [6.07, 6.45) is 0.775. The molecule has 0 amide bonds. The molecule has 0 saturated carbocycles. The molecule has 0 spiro atoms. The standard InChI is InChI=1S/C10H25N3O2S/c1-8(2)13-16(14,15)12-7-9(11)6-10(3,4)5/h8-9,12-13H,6-7,11H2,1-5H3. The molecule has 16 heavy (non-hydrogen) atoms. The van der Waals surface area contributed by atoms with Crippen LogP contribution in [0.5, 0.6) is 0 Å². The van der Waals surface area contributed by atoms with Crippen LogP contribution in [-0.2, 0) is 10.2 Å². The van der Waals surface area contributed by atoms with Crippen LogP contribution >= 0.6 is 0 Å². The molecule has 0 heterocycles. The molecule has 0 saturated heterocycles. The molecule has 0 bridgehead atoms. The van der Waals surface area contributed by atoms with Crippen molar-refractivity contribution < 1.29 is 8.42 Å². The second-order valence-electron chi connectivity index (χ2n) is 5.65. The van der Waals surface area contributed by atoms with Crippen LogP contribution in [-0.4, -0.2) is 27.0 Å². The molecule has 6 heteroatoms. The fraction of sp³-hybridized carbons (Fsp3) is 1.00. The molecule has 4 N–H and O–H groups in total. The zero-order valence-electron chi connectivity index (χ0n) is 10.9. The van der Waals surface area contributed by atoms with Crippen molar-refractivity contribution in [2.75, 3.05) is 6.54 Å². The van der Waals surface area contributed by atoms with E-state index < -0.39 is 10.2 Å². The van der Waals surface area contributed by atoms with Crippen LogP contribution in [0, 0.1) is 5.41 Å². The van der Waals surface area contributed by atoms with E-state index in [1.807, 2.05) is 0 Å². The van der Waals surface area contributed by atoms with E-state index in [0.29, 0.717) is 0 Å². The Balaban J connectivity index is 4.06. The predicted molar refractivity (Wildman–Crippen MR) is 67.2 cm³/mol. The Kier molecular flexibility index (Phi) is 5.89. The summed E-state index contributed by atoms with van der Waals surface area (Å²) < 4.78 is 27.8. The van der Waals surface area contributed by atoms with Crippen LogP contribution < -0.4 is 15.2 Å². The van der Waals surface area contributed by atoms with Gasteiger partial charge in [0.25, 0.3) is 10.2 Å². The zero-order chi connectivity index (χ0) is 13.0. The van der Waals surface area contributed by atoms with Gasteiger partial charge in [0.2, 0.25) is 0 Å². The van der Waals surface area contributed by atoms with Gasteiger partial charge in [-0.15, -0.1) is 0 Å². The fourth-order valence-electron chi connectivity index (χ4n) is 1.43. The van der Waals surface area contributed by atoms with Crippen molar-refractivity contribution in [2.24, 2.45) is 11.1 Å². The molecule has 0 aromatic rings. The first kappa shape index (κ1) is 15.8. The lowest BCUT2D eigenvalue weighted by Gasteiger charge is -2.23. The van der Waals surface area contributed by atoms with Crippen molar-refractivity contribution in [3.8, 4) is 0 Å². The topological polar surface area (TPSA) is 84.2 Å². The average Bonchev–Trinajstić information content (AvgIpc) is 1.95. The summed E-state index contributed by atoms with van der Waals surface area (Å²) in [7, 11) is -3.41.